The zero-order valence-corrected chi connectivity index (χ0v) is 24.6. The highest BCUT2D eigenvalue weighted by molar-refractivity contribution is 5.99. The number of aliphatic hydroxyl groups excluding tert-OH is 1. The van der Waals surface area contributed by atoms with E-state index in [0.717, 1.165) is 87.6 Å². The van der Waals surface area contributed by atoms with Crippen molar-refractivity contribution in [1.29, 1.82) is 0 Å². The molecule has 0 spiro atoms. The Morgan fingerprint density at radius 2 is 2.13 bits per heavy atom. The summed E-state index contributed by atoms with van der Waals surface area (Å²) in [6.45, 7) is 16.7. The molecule has 1 aromatic heterocycles. The van der Waals surface area contributed by atoms with Gasteiger partial charge in [0.2, 0.25) is 0 Å². The summed E-state index contributed by atoms with van der Waals surface area (Å²) in [5.41, 5.74) is 3.19. The molecular weight excluding hydrogens is 490 g/mol. The topological polar surface area (TPSA) is 91.2 Å². The van der Waals surface area contributed by atoms with Gasteiger partial charge in [0.25, 0.3) is 0 Å². The van der Waals surface area contributed by atoms with E-state index >= 15 is 0 Å². The number of hydrogen-bond donors (Lipinski definition) is 3. The van der Waals surface area contributed by atoms with Crippen molar-refractivity contribution in [3.63, 3.8) is 0 Å². The van der Waals surface area contributed by atoms with E-state index in [1.165, 1.54) is 5.56 Å². The second kappa shape index (κ2) is 18.5. The normalized spacial score (nSPS) is 21.0. The highest BCUT2D eigenvalue weighted by atomic mass is 16.5. The monoisotopic (exact) mass is 539 g/mol. The molecule has 0 bridgehead atoms. The molecule has 0 radical (unpaired) electrons. The predicted octanol–water partition coefficient (Wildman–Crippen LogP) is 3.85. The number of pyridine rings is 1. The first-order valence-electron chi connectivity index (χ1n) is 14.2. The third-order valence-corrected chi connectivity index (χ3v) is 6.78. The highest BCUT2D eigenvalue weighted by Crippen LogP contribution is 2.24. The number of ether oxygens (including phenoxy) is 2. The van der Waals surface area contributed by atoms with E-state index in [4.69, 9.17) is 9.47 Å². The lowest BCUT2D eigenvalue weighted by Crippen LogP contribution is -2.30. The molecule has 2 aromatic rings. The molecule has 3 N–H and O–H groups in total. The lowest BCUT2D eigenvalue weighted by Gasteiger charge is -2.16. The number of rotatable bonds is 8. The number of benzene rings is 1. The molecule has 0 aliphatic carbocycles. The third-order valence-electron chi connectivity index (χ3n) is 6.78. The van der Waals surface area contributed by atoms with Crippen molar-refractivity contribution >= 4 is 16.6 Å². The van der Waals surface area contributed by atoms with Crippen LogP contribution in [0.5, 0.6) is 5.75 Å². The number of allylic oxidation sites excluding steroid dienone is 1. The zero-order valence-electron chi connectivity index (χ0n) is 24.6. The van der Waals surface area contributed by atoms with E-state index < -0.39 is 0 Å². The van der Waals surface area contributed by atoms with Crippen LogP contribution < -0.4 is 15.4 Å². The Kier molecular flexibility index (Phi) is 15.4. The first-order valence-corrected chi connectivity index (χ1v) is 14.2. The first kappa shape index (κ1) is 32.4. The maximum absolute atomic E-state index is 10.3. The van der Waals surface area contributed by atoms with Crippen molar-refractivity contribution in [2.24, 2.45) is 10.9 Å². The average Bonchev–Trinajstić information content (AvgIpc) is 3.32. The Balaban J connectivity index is 0.000000343. The van der Waals surface area contributed by atoms with Crippen LogP contribution in [0, 0.1) is 5.92 Å². The average molecular weight is 540 g/mol. The smallest absolute Gasteiger partial charge is 0.134 e. The molecule has 2 aliphatic rings. The molecule has 2 saturated heterocycles. The van der Waals surface area contributed by atoms with E-state index in [-0.39, 0.29) is 6.10 Å². The molecule has 2 aliphatic heterocycles. The maximum atomic E-state index is 10.3. The summed E-state index contributed by atoms with van der Waals surface area (Å²) >= 11 is 0. The molecule has 3 heterocycles. The quantitative estimate of drug-likeness (QED) is 0.347. The summed E-state index contributed by atoms with van der Waals surface area (Å²) in [5, 5.41) is 18.1. The number of methoxy groups -OCH3 is 1. The number of hydrogen-bond acceptors (Lipinski definition) is 8. The maximum Gasteiger partial charge on any atom is 0.134 e. The van der Waals surface area contributed by atoms with Gasteiger partial charge in [-0.1, -0.05) is 32.6 Å². The van der Waals surface area contributed by atoms with Crippen molar-refractivity contribution in [1.82, 2.24) is 20.5 Å². The number of fused-ring (bicyclic) bond motifs is 1. The molecule has 4 rings (SSSR count). The van der Waals surface area contributed by atoms with E-state index in [1.54, 1.807) is 14.2 Å². The van der Waals surface area contributed by atoms with Gasteiger partial charge in [0, 0.05) is 63.8 Å². The van der Waals surface area contributed by atoms with Gasteiger partial charge in [-0.25, -0.2) is 0 Å². The molecule has 216 valence electrons. The summed E-state index contributed by atoms with van der Waals surface area (Å²) in [4.78, 5) is 10.9. The van der Waals surface area contributed by atoms with E-state index in [2.05, 4.69) is 50.3 Å². The predicted molar refractivity (Wildman–Crippen MR) is 163 cm³/mol. The summed E-state index contributed by atoms with van der Waals surface area (Å²) in [5.74, 6) is 1.87. The molecule has 8 nitrogen and oxygen atoms in total. The molecule has 2 fully saturated rings. The Bertz CT molecular complexity index is 1060. The van der Waals surface area contributed by atoms with Crippen molar-refractivity contribution in [3.8, 4) is 5.75 Å². The van der Waals surface area contributed by atoms with Gasteiger partial charge in [-0.2, -0.15) is 0 Å². The number of nitrogens with zero attached hydrogens (tertiary/aromatic N) is 3. The number of nitrogens with one attached hydrogen (secondary N) is 2. The lowest BCUT2D eigenvalue weighted by molar-refractivity contribution is 0.141. The number of aliphatic hydroxyl groups is 1. The minimum absolute atomic E-state index is 0.248. The standard InChI is InChI=1S/C21H29N3O2.C8H14N2O.C2H6/c1-3-4-9-22-13-17-14-24(15-21(17)25)11-8-16-7-10-23-20-6-5-18(26-2)12-19(16)20;1-7-8(9-2)6-10-4-3-5-11-7;1-2/h3-7,10,12,17,21-22,25H,8-9,11,13-15H2,1-2H3;10H,1,3-6H2,2H3;1-2H3/b4-3+;;. The fourth-order valence-electron chi connectivity index (χ4n) is 4.59. The van der Waals surface area contributed by atoms with Gasteiger partial charge in [-0.15, -0.1) is 0 Å². The van der Waals surface area contributed by atoms with Crippen molar-refractivity contribution < 1.29 is 14.6 Å². The number of aliphatic imine (C=N–C) groups is 1. The minimum atomic E-state index is -0.248. The van der Waals surface area contributed by atoms with Gasteiger partial charge in [0.05, 0.1) is 31.0 Å². The van der Waals surface area contributed by atoms with Gasteiger partial charge in [-0.3, -0.25) is 9.98 Å². The summed E-state index contributed by atoms with van der Waals surface area (Å²) in [6, 6.07) is 8.10. The van der Waals surface area contributed by atoms with Crippen molar-refractivity contribution in [2.45, 2.75) is 39.7 Å². The van der Waals surface area contributed by atoms with Crippen LogP contribution in [0.2, 0.25) is 0 Å². The second-order valence-electron chi connectivity index (χ2n) is 9.39. The molecule has 39 heavy (non-hydrogen) atoms. The Labute approximate surface area is 235 Å². The largest absolute Gasteiger partial charge is 0.497 e. The van der Waals surface area contributed by atoms with Gasteiger partial charge >= 0.3 is 0 Å². The van der Waals surface area contributed by atoms with Gasteiger partial charge in [-0.05, 0) is 56.1 Å². The molecule has 2 unspecified atom stereocenters. The van der Waals surface area contributed by atoms with Gasteiger partial charge < -0.3 is 30.1 Å². The molecular formula is C31H49N5O3. The van der Waals surface area contributed by atoms with Crippen LogP contribution in [-0.2, 0) is 11.2 Å². The number of likely N-dealkylation sites (tertiary alicyclic amines) is 1. The van der Waals surface area contributed by atoms with Crippen LogP contribution in [0.15, 0.2) is 59.9 Å². The summed E-state index contributed by atoms with van der Waals surface area (Å²) in [7, 11) is 3.44. The van der Waals surface area contributed by atoms with Crippen LogP contribution in [0.3, 0.4) is 0 Å². The van der Waals surface area contributed by atoms with Crippen LogP contribution in [0.25, 0.3) is 10.9 Å². The van der Waals surface area contributed by atoms with Crippen LogP contribution in [0.1, 0.15) is 32.8 Å². The highest BCUT2D eigenvalue weighted by Gasteiger charge is 2.30. The van der Waals surface area contributed by atoms with Crippen LogP contribution >= 0.6 is 0 Å². The molecule has 1 aromatic carbocycles. The van der Waals surface area contributed by atoms with Gasteiger partial charge in [0.1, 0.15) is 11.5 Å². The third kappa shape index (κ3) is 10.7. The van der Waals surface area contributed by atoms with Crippen LogP contribution in [0.4, 0.5) is 0 Å². The second-order valence-corrected chi connectivity index (χ2v) is 9.39. The molecule has 2 atom stereocenters. The Morgan fingerprint density at radius 1 is 1.31 bits per heavy atom. The number of β-amino-alcohol motifs (C(OH)–C–C–N with tert-alkyl or cyclic N) is 1. The number of aromatic nitrogens is 1. The summed E-state index contributed by atoms with van der Waals surface area (Å²) < 4.78 is 10.7. The van der Waals surface area contributed by atoms with E-state index in [9.17, 15) is 5.11 Å². The van der Waals surface area contributed by atoms with E-state index in [0.29, 0.717) is 11.7 Å². The SMILES string of the molecule is C/C=C/CNCC1CN(CCc2ccnc3ccc(OC)cc23)CC1O.C=C1OCCCNCC1=NC.CC. The lowest BCUT2D eigenvalue weighted by atomic mass is 10.1. The van der Waals surface area contributed by atoms with Crippen LogP contribution in [-0.4, -0.2) is 93.4 Å². The van der Waals surface area contributed by atoms with Gasteiger partial charge in [0.15, 0.2) is 0 Å². The van der Waals surface area contributed by atoms with Crippen molar-refractivity contribution in [3.05, 3.63) is 60.5 Å². The molecule has 0 amide bonds. The van der Waals surface area contributed by atoms with E-state index in [1.807, 2.05) is 45.2 Å². The minimum Gasteiger partial charge on any atom is -0.497 e. The molecule has 8 heteroatoms. The fraction of sp³-hybridized carbons (Fsp3) is 0.548. The Hall–Kier alpha value is -2.78. The molecule has 0 saturated carbocycles. The first-order chi connectivity index (χ1) is 19.0. The summed E-state index contributed by atoms with van der Waals surface area (Å²) in [6.07, 6.45) is 7.74. The fourth-order valence-corrected chi connectivity index (χ4v) is 4.59. The van der Waals surface area contributed by atoms with Crippen molar-refractivity contribution in [2.75, 3.05) is 66.6 Å². The zero-order chi connectivity index (χ0) is 28.5. The Morgan fingerprint density at radius 3 is 2.87 bits per heavy atom.